The molecule has 0 atom stereocenters. The van der Waals surface area contributed by atoms with E-state index in [1.807, 2.05) is 58.2 Å². The molecule has 6 heteroatoms. The molecule has 0 spiro atoms. The SMILES string of the molecule is O=C(CCNCc1cn(-c2ccccc2)nc1-c1cccnc1)N1CCCCC1. The van der Waals surface area contributed by atoms with Gasteiger partial charge in [-0.2, -0.15) is 5.10 Å². The normalized spacial score (nSPS) is 14.1. The van der Waals surface area contributed by atoms with Crippen molar-refractivity contribution in [2.24, 2.45) is 0 Å². The summed E-state index contributed by atoms with van der Waals surface area (Å²) < 4.78 is 1.90. The van der Waals surface area contributed by atoms with Crippen molar-refractivity contribution >= 4 is 5.91 Å². The molecule has 1 fully saturated rings. The van der Waals surface area contributed by atoms with Gasteiger partial charge in [0.15, 0.2) is 0 Å². The number of carbonyl (C=O) groups is 1. The smallest absolute Gasteiger partial charge is 0.223 e. The van der Waals surface area contributed by atoms with E-state index in [2.05, 4.69) is 16.5 Å². The number of pyridine rings is 1. The molecule has 1 N–H and O–H groups in total. The average Bonchev–Trinajstić information content (AvgIpc) is 3.22. The van der Waals surface area contributed by atoms with Crippen LogP contribution in [0.2, 0.25) is 0 Å². The highest BCUT2D eigenvalue weighted by molar-refractivity contribution is 5.76. The largest absolute Gasteiger partial charge is 0.343 e. The van der Waals surface area contributed by atoms with Crippen LogP contribution in [0.4, 0.5) is 0 Å². The number of hydrogen-bond donors (Lipinski definition) is 1. The van der Waals surface area contributed by atoms with E-state index in [0.717, 1.165) is 48.4 Å². The van der Waals surface area contributed by atoms with Crippen molar-refractivity contribution in [2.45, 2.75) is 32.2 Å². The van der Waals surface area contributed by atoms with Crippen LogP contribution in [0.25, 0.3) is 16.9 Å². The molecule has 1 aliphatic rings. The third kappa shape index (κ3) is 4.90. The van der Waals surface area contributed by atoms with Crippen molar-refractivity contribution in [2.75, 3.05) is 19.6 Å². The summed E-state index contributed by atoms with van der Waals surface area (Å²) in [6.45, 7) is 3.14. The first kappa shape index (κ1) is 19.3. The summed E-state index contributed by atoms with van der Waals surface area (Å²) in [4.78, 5) is 18.6. The second-order valence-electron chi connectivity index (χ2n) is 7.39. The second-order valence-corrected chi connectivity index (χ2v) is 7.39. The maximum absolute atomic E-state index is 12.3. The van der Waals surface area contributed by atoms with Crippen molar-refractivity contribution in [3.8, 4) is 16.9 Å². The lowest BCUT2D eigenvalue weighted by atomic mass is 10.1. The quantitative estimate of drug-likeness (QED) is 0.629. The van der Waals surface area contributed by atoms with E-state index < -0.39 is 0 Å². The fourth-order valence-corrected chi connectivity index (χ4v) is 3.72. The summed E-state index contributed by atoms with van der Waals surface area (Å²) in [5.41, 5.74) is 4.01. The van der Waals surface area contributed by atoms with Gasteiger partial charge in [0.25, 0.3) is 0 Å². The Morgan fingerprint density at radius 2 is 1.86 bits per heavy atom. The molecule has 0 unspecified atom stereocenters. The van der Waals surface area contributed by atoms with Crippen LogP contribution in [0.5, 0.6) is 0 Å². The van der Waals surface area contributed by atoms with E-state index in [-0.39, 0.29) is 5.91 Å². The minimum Gasteiger partial charge on any atom is -0.343 e. The Morgan fingerprint density at radius 3 is 2.62 bits per heavy atom. The molecule has 3 aromatic rings. The van der Waals surface area contributed by atoms with Gasteiger partial charge in [-0.25, -0.2) is 4.68 Å². The first-order valence-electron chi connectivity index (χ1n) is 10.3. The van der Waals surface area contributed by atoms with Crippen molar-refractivity contribution in [3.63, 3.8) is 0 Å². The fraction of sp³-hybridized carbons (Fsp3) is 0.348. The van der Waals surface area contributed by atoms with E-state index in [4.69, 9.17) is 5.10 Å². The van der Waals surface area contributed by atoms with Gasteiger partial charge in [0, 0.05) is 62.3 Å². The molecule has 2 aromatic heterocycles. The Bertz CT molecular complexity index is 917. The number of carbonyl (C=O) groups excluding carboxylic acids is 1. The van der Waals surface area contributed by atoms with Crippen molar-refractivity contribution in [3.05, 3.63) is 66.6 Å². The number of rotatable bonds is 7. The van der Waals surface area contributed by atoms with Crippen molar-refractivity contribution in [1.29, 1.82) is 0 Å². The topological polar surface area (TPSA) is 63.1 Å². The van der Waals surface area contributed by atoms with Gasteiger partial charge in [-0.05, 0) is 43.5 Å². The molecule has 1 amide bonds. The monoisotopic (exact) mass is 389 g/mol. The number of nitrogens with zero attached hydrogens (tertiary/aromatic N) is 4. The summed E-state index contributed by atoms with van der Waals surface area (Å²) in [7, 11) is 0. The van der Waals surface area contributed by atoms with Gasteiger partial charge < -0.3 is 10.2 Å². The molecule has 3 heterocycles. The first-order valence-corrected chi connectivity index (χ1v) is 10.3. The van der Waals surface area contributed by atoms with E-state index in [1.54, 1.807) is 6.20 Å². The van der Waals surface area contributed by atoms with Gasteiger partial charge in [-0.3, -0.25) is 9.78 Å². The molecular weight excluding hydrogens is 362 g/mol. The number of para-hydroxylation sites is 1. The van der Waals surface area contributed by atoms with Crippen LogP contribution in [0.3, 0.4) is 0 Å². The molecule has 6 nitrogen and oxygen atoms in total. The number of aromatic nitrogens is 3. The Balaban J connectivity index is 1.43. The molecule has 0 bridgehead atoms. The third-order valence-electron chi connectivity index (χ3n) is 5.29. The van der Waals surface area contributed by atoms with Crippen LogP contribution < -0.4 is 5.32 Å². The Labute approximate surface area is 171 Å². The standard InChI is InChI=1S/C23H27N5O/c29-22(27-14-5-2-6-15-27)11-13-25-17-20-18-28(21-9-3-1-4-10-21)26-23(20)19-8-7-12-24-16-19/h1,3-4,7-10,12,16,18,25H,2,5-6,11,13-15,17H2. The minimum atomic E-state index is 0.254. The molecular formula is C23H27N5O. The lowest BCUT2D eigenvalue weighted by Crippen LogP contribution is -2.37. The number of nitrogens with one attached hydrogen (secondary N) is 1. The Kier molecular flexibility index (Phi) is 6.32. The lowest BCUT2D eigenvalue weighted by Gasteiger charge is -2.26. The van der Waals surface area contributed by atoms with E-state index >= 15 is 0 Å². The van der Waals surface area contributed by atoms with E-state index in [1.165, 1.54) is 6.42 Å². The molecule has 0 saturated carbocycles. The van der Waals surface area contributed by atoms with Crippen LogP contribution >= 0.6 is 0 Å². The molecule has 4 rings (SSSR count). The zero-order chi connectivity index (χ0) is 19.9. The highest BCUT2D eigenvalue weighted by Gasteiger charge is 2.16. The van der Waals surface area contributed by atoms with Gasteiger partial charge in [0.2, 0.25) is 5.91 Å². The molecule has 0 aliphatic carbocycles. The zero-order valence-electron chi connectivity index (χ0n) is 16.6. The van der Waals surface area contributed by atoms with Crippen LogP contribution in [0.15, 0.2) is 61.1 Å². The molecule has 1 aliphatic heterocycles. The van der Waals surface area contributed by atoms with E-state index in [0.29, 0.717) is 19.5 Å². The molecule has 29 heavy (non-hydrogen) atoms. The number of amides is 1. The second kappa shape index (κ2) is 9.47. The van der Waals surface area contributed by atoms with Crippen molar-refractivity contribution < 1.29 is 4.79 Å². The van der Waals surface area contributed by atoms with E-state index in [9.17, 15) is 4.79 Å². The van der Waals surface area contributed by atoms with Gasteiger partial charge in [-0.15, -0.1) is 0 Å². The maximum Gasteiger partial charge on any atom is 0.223 e. The van der Waals surface area contributed by atoms with Crippen molar-refractivity contribution in [1.82, 2.24) is 25.0 Å². The Hall–Kier alpha value is -2.99. The predicted molar refractivity (Wildman–Crippen MR) is 114 cm³/mol. The number of likely N-dealkylation sites (tertiary alicyclic amines) is 1. The highest BCUT2D eigenvalue weighted by Crippen LogP contribution is 2.23. The zero-order valence-corrected chi connectivity index (χ0v) is 16.6. The van der Waals surface area contributed by atoms with Crippen LogP contribution in [0.1, 0.15) is 31.2 Å². The molecule has 1 aromatic carbocycles. The summed E-state index contributed by atoms with van der Waals surface area (Å²) in [5.74, 6) is 0.254. The minimum absolute atomic E-state index is 0.254. The highest BCUT2D eigenvalue weighted by atomic mass is 16.2. The van der Waals surface area contributed by atoms with Gasteiger partial charge >= 0.3 is 0 Å². The van der Waals surface area contributed by atoms with Gasteiger partial charge in [-0.1, -0.05) is 18.2 Å². The number of benzene rings is 1. The van der Waals surface area contributed by atoms with Gasteiger partial charge in [0.05, 0.1) is 11.4 Å². The fourth-order valence-electron chi connectivity index (χ4n) is 3.72. The van der Waals surface area contributed by atoms with Crippen LogP contribution in [0, 0.1) is 0 Å². The molecule has 150 valence electrons. The third-order valence-corrected chi connectivity index (χ3v) is 5.29. The first-order chi connectivity index (χ1) is 14.3. The lowest BCUT2D eigenvalue weighted by molar-refractivity contribution is -0.131. The number of piperidine rings is 1. The average molecular weight is 390 g/mol. The maximum atomic E-state index is 12.3. The summed E-state index contributed by atoms with van der Waals surface area (Å²) in [5, 5.41) is 8.22. The predicted octanol–water partition coefficient (Wildman–Crippen LogP) is 3.43. The number of hydrogen-bond acceptors (Lipinski definition) is 4. The molecule has 0 radical (unpaired) electrons. The summed E-state index contributed by atoms with van der Waals surface area (Å²) in [6.07, 6.45) is 9.69. The Morgan fingerprint density at radius 1 is 1.03 bits per heavy atom. The summed E-state index contributed by atoms with van der Waals surface area (Å²) >= 11 is 0. The molecule has 1 saturated heterocycles. The van der Waals surface area contributed by atoms with Crippen LogP contribution in [-0.2, 0) is 11.3 Å². The van der Waals surface area contributed by atoms with Crippen LogP contribution in [-0.4, -0.2) is 45.2 Å². The van der Waals surface area contributed by atoms with Gasteiger partial charge in [0.1, 0.15) is 0 Å². The summed E-state index contributed by atoms with van der Waals surface area (Å²) in [6, 6.07) is 14.0.